The first-order valence-electron chi connectivity index (χ1n) is 8.33. The maximum Gasteiger partial charge on any atom is 0.311 e. The van der Waals surface area contributed by atoms with E-state index in [1.165, 1.54) is 0 Å². The quantitative estimate of drug-likeness (QED) is 0.858. The van der Waals surface area contributed by atoms with Gasteiger partial charge in [0.05, 0.1) is 13.5 Å². The van der Waals surface area contributed by atoms with Crippen LogP contribution in [0.1, 0.15) is 24.0 Å². The van der Waals surface area contributed by atoms with Crippen molar-refractivity contribution in [3.05, 3.63) is 65.7 Å². The van der Waals surface area contributed by atoms with Crippen molar-refractivity contribution in [2.75, 3.05) is 20.2 Å². The van der Waals surface area contributed by atoms with Crippen LogP contribution < -0.4 is 10.1 Å². The van der Waals surface area contributed by atoms with Crippen LogP contribution in [0.3, 0.4) is 0 Å². The number of hydrogen-bond donors (Lipinski definition) is 1. The van der Waals surface area contributed by atoms with E-state index >= 15 is 0 Å². The average molecular weight is 325 g/mol. The van der Waals surface area contributed by atoms with Crippen molar-refractivity contribution in [2.45, 2.75) is 24.9 Å². The molecule has 1 saturated heterocycles. The van der Waals surface area contributed by atoms with Crippen LogP contribution in [0.5, 0.6) is 5.75 Å². The van der Waals surface area contributed by atoms with E-state index in [1.807, 2.05) is 54.6 Å². The zero-order valence-corrected chi connectivity index (χ0v) is 14.0. The summed E-state index contributed by atoms with van der Waals surface area (Å²) in [6.07, 6.45) is 1.79. The second-order valence-corrected chi connectivity index (χ2v) is 6.07. The van der Waals surface area contributed by atoms with Gasteiger partial charge in [0.1, 0.15) is 11.4 Å². The van der Waals surface area contributed by atoms with E-state index in [2.05, 4.69) is 5.32 Å². The summed E-state index contributed by atoms with van der Waals surface area (Å²) in [6.45, 7) is 1.69. The molecule has 0 radical (unpaired) electrons. The Kier molecular flexibility index (Phi) is 5.16. The predicted octanol–water partition coefficient (Wildman–Crippen LogP) is 3.06. The molecule has 1 heterocycles. The van der Waals surface area contributed by atoms with E-state index in [-0.39, 0.29) is 12.4 Å². The molecule has 1 N–H and O–H groups in total. The molecule has 3 rings (SSSR count). The number of rotatable bonds is 5. The van der Waals surface area contributed by atoms with Gasteiger partial charge in [-0.3, -0.25) is 4.79 Å². The predicted molar refractivity (Wildman–Crippen MR) is 93.0 cm³/mol. The van der Waals surface area contributed by atoms with Gasteiger partial charge in [0.15, 0.2) is 0 Å². The molecule has 2 aromatic carbocycles. The normalized spacial score (nSPS) is 16.4. The summed E-state index contributed by atoms with van der Waals surface area (Å²) in [5.41, 5.74) is 1.38. The molecule has 2 aromatic rings. The molecule has 0 unspecified atom stereocenters. The van der Waals surface area contributed by atoms with Gasteiger partial charge in [0.25, 0.3) is 0 Å². The molecule has 126 valence electrons. The molecule has 0 aromatic heterocycles. The van der Waals surface area contributed by atoms with E-state index in [9.17, 15) is 4.79 Å². The number of hydrogen-bond acceptors (Lipinski definition) is 4. The molecule has 24 heavy (non-hydrogen) atoms. The van der Waals surface area contributed by atoms with E-state index in [4.69, 9.17) is 9.47 Å². The minimum atomic E-state index is -0.536. The fourth-order valence-corrected chi connectivity index (χ4v) is 3.28. The minimum absolute atomic E-state index is 0.214. The van der Waals surface area contributed by atoms with E-state index in [1.54, 1.807) is 7.11 Å². The smallest absolute Gasteiger partial charge is 0.311 e. The molecule has 0 bridgehead atoms. The third-order valence-electron chi connectivity index (χ3n) is 4.55. The first-order valence-corrected chi connectivity index (χ1v) is 8.33. The zero-order chi connectivity index (χ0) is 16.8. The lowest BCUT2D eigenvalue weighted by Gasteiger charge is -2.37. The number of carbonyl (C=O) groups excluding carboxylic acids is 1. The number of piperidine rings is 1. The largest absolute Gasteiger partial charge is 0.496 e. The average Bonchev–Trinajstić information content (AvgIpc) is 2.63. The summed E-state index contributed by atoms with van der Waals surface area (Å²) >= 11 is 0. The highest BCUT2D eigenvalue weighted by Gasteiger charge is 2.37. The molecule has 1 fully saturated rings. The standard InChI is InChI=1S/C20H23NO3/c1-23-18-10-6-5-7-16(18)15-19(22)24-20(11-13-21-14-12-20)17-8-3-2-4-9-17/h2-10,21H,11-15H2,1H3. The first-order chi connectivity index (χ1) is 11.7. The molecular weight excluding hydrogens is 302 g/mol. The highest BCUT2D eigenvalue weighted by molar-refractivity contribution is 5.74. The Hall–Kier alpha value is -2.33. The van der Waals surface area contributed by atoms with Crippen molar-refractivity contribution >= 4 is 5.97 Å². The van der Waals surface area contributed by atoms with Crippen LogP contribution in [-0.2, 0) is 21.6 Å². The van der Waals surface area contributed by atoms with Crippen LogP contribution in [-0.4, -0.2) is 26.2 Å². The zero-order valence-electron chi connectivity index (χ0n) is 14.0. The Balaban J connectivity index is 1.79. The Labute approximate surface area is 142 Å². The van der Waals surface area contributed by atoms with Gasteiger partial charge in [-0.2, -0.15) is 0 Å². The summed E-state index contributed by atoms with van der Waals surface area (Å²) in [6, 6.07) is 17.6. The number of esters is 1. The van der Waals surface area contributed by atoms with Gasteiger partial charge < -0.3 is 14.8 Å². The summed E-state index contributed by atoms with van der Waals surface area (Å²) in [7, 11) is 1.61. The van der Waals surface area contributed by atoms with Gasteiger partial charge in [0.2, 0.25) is 0 Å². The van der Waals surface area contributed by atoms with Crippen molar-refractivity contribution in [1.82, 2.24) is 5.32 Å². The summed E-state index contributed by atoms with van der Waals surface area (Å²) in [5.74, 6) is 0.499. The Bertz CT molecular complexity index is 678. The van der Waals surface area contributed by atoms with Crippen LogP contribution in [0, 0.1) is 0 Å². The van der Waals surface area contributed by atoms with E-state index in [0.717, 1.165) is 37.1 Å². The van der Waals surface area contributed by atoms with Crippen LogP contribution in [0.15, 0.2) is 54.6 Å². The second kappa shape index (κ2) is 7.49. The monoisotopic (exact) mass is 325 g/mol. The Morgan fingerprint density at radius 3 is 2.42 bits per heavy atom. The highest BCUT2D eigenvalue weighted by Crippen LogP contribution is 2.35. The molecule has 0 amide bonds. The molecular formula is C20H23NO3. The Morgan fingerprint density at radius 2 is 1.71 bits per heavy atom. The van der Waals surface area contributed by atoms with Gasteiger partial charge in [-0.15, -0.1) is 0 Å². The van der Waals surface area contributed by atoms with Crippen molar-refractivity contribution in [3.63, 3.8) is 0 Å². The molecule has 0 aliphatic carbocycles. The first kappa shape index (κ1) is 16.5. The van der Waals surface area contributed by atoms with Gasteiger partial charge in [-0.25, -0.2) is 0 Å². The molecule has 0 atom stereocenters. The number of para-hydroxylation sites is 1. The third-order valence-corrected chi connectivity index (χ3v) is 4.55. The summed E-state index contributed by atoms with van der Waals surface area (Å²) in [4.78, 5) is 12.6. The lowest BCUT2D eigenvalue weighted by molar-refractivity contribution is -0.163. The fraction of sp³-hybridized carbons (Fsp3) is 0.350. The maximum absolute atomic E-state index is 12.6. The number of carbonyl (C=O) groups is 1. The SMILES string of the molecule is COc1ccccc1CC(=O)OC1(c2ccccc2)CCNCC1. The van der Waals surface area contributed by atoms with Crippen LogP contribution >= 0.6 is 0 Å². The molecule has 4 heteroatoms. The van der Waals surface area contributed by atoms with Crippen molar-refractivity contribution < 1.29 is 14.3 Å². The van der Waals surface area contributed by atoms with Gasteiger partial charge in [0, 0.05) is 18.4 Å². The van der Waals surface area contributed by atoms with Gasteiger partial charge in [-0.1, -0.05) is 48.5 Å². The summed E-state index contributed by atoms with van der Waals surface area (Å²) in [5, 5.41) is 3.34. The topological polar surface area (TPSA) is 47.6 Å². The van der Waals surface area contributed by atoms with Gasteiger partial charge >= 0.3 is 5.97 Å². The van der Waals surface area contributed by atoms with Crippen molar-refractivity contribution in [3.8, 4) is 5.75 Å². The minimum Gasteiger partial charge on any atom is -0.496 e. The van der Waals surface area contributed by atoms with Crippen molar-refractivity contribution in [1.29, 1.82) is 0 Å². The summed E-state index contributed by atoms with van der Waals surface area (Å²) < 4.78 is 11.4. The lowest BCUT2D eigenvalue weighted by Crippen LogP contribution is -2.43. The number of nitrogens with one attached hydrogen (secondary N) is 1. The molecule has 1 aliphatic heterocycles. The second-order valence-electron chi connectivity index (χ2n) is 6.07. The lowest BCUT2D eigenvalue weighted by atomic mass is 9.84. The number of methoxy groups -OCH3 is 1. The van der Waals surface area contributed by atoms with Crippen molar-refractivity contribution in [2.24, 2.45) is 0 Å². The molecule has 4 nitrogen and oxygen atoms in total. The maximum atomic E-state index is 12.6. The third kappa shape index (κ3) is 3.60. The Morgan fingerprint density at radius 1 is 1.04 bits per heavy atom. The molecule has 1 aliphatic rings. The van der Waals surface area contributed by atoms with E-state index < -0.39 is 5.60 Å². The van der Waals surface area contributed by atoms with Crippen LogP contribution in [0.25, 0.3) is 0 Å². The van der Waals surface area contributed by atoms with Gasteiger partial charge in [-0.05, 0) is 24.7 Å². The fourth-order valence-electron chi connectivity index (χ4n) is 3.28. The van der Waals surface area contributed by atoms with Crippen LogP contribution in [0.4, 0.5) is 0 Å². The van der Waals surface area contributed by atoms with Crippen LogP contribution in [0.2, 0.25) is 0 Å². The van der Waals surface area contributed by atoms with E-state index in [0.29, 0.717) is 5.75 Å². The number of ether oxygens (including phenoxy) is 2. The molecule has 0 spiro atoms. The highest BCUT2D eigenvalue weighted by atomic mass is 16.6. The molecule has 0 saturated carbocycles. The number of benzene rings is 2.